The lowest BCUT2D eigenvalue weighted by molar-refractivity contribution is 0.111. The van der Waals surface area contributed by atoms with Crippen molar-refractivity contribution in [3.8, 4) is 5.75 Å². The van der Waals surface area contributed by atoms with Gasteiger partial charge >= 0.3 is 6.09 Å². The zero-order chi connectivity index (χ0) is 19.6. The number of likely N-dealkylation sites (tertiary alicyclic amines) is 1. The molecule has 7 nitrogen and oxygen atoms in total. The van der Waals surface area contributed by atoms with Gasteiger partial charge in [-0.25, -0.2) is 14.2 Å². The summed E-state index contributed by atoms with van der Waals surface area (Å²) >= 11 is 0. The lowest BCUT2D eigenvalue weighted by Gasteiger charge is -2.32. The predicted molar refractivity (Wildman–Crippen MR) is 118 cm³/mol. The minimum atomic E-state index is -0.379. The van der Waals surface area contributed by atoms with E-state index in [-0.39, 0.29) is 53.8 Å². The summed E-state index contributed by atoms with van der Waals surface area (Å²) in [6.45, 7) is 6.28. The van der Waals surface area contributed by atoms with Crippen molar-refractivity contribution in [2.24, 2.45) is 4.99 Å². The van der Waals surface area contributed by atoms with Gasteiger partial charge in [0.15, 0.2) is 17.5 Å². The summed E-state index contributed by atoms with van der Waals surface area (Å²) in [5.41, 5.74) is 0. The molecule has 1 aliphatic rings. The van der Waals surface area contributed by atoms with Crippen LogP contribution < -0.4 is 15.4 Å². The molecule has 2 rings (SSSR count). The maximum absolute atomic E-state index is 13.7. The number of methoxy groups -OCH3 is 1. The quantitative estimate of drug-likeness (QED) is 0.351. The molecular weight excluding hydrogens is 478 g/mol. The Bertz CT molecular complexity index is 639. The average molecular weight is 508 g/mol. The molecule has 1 aliphatic heterocycles. The molecule has 1 saturated heterocycles. The maximum atomic E-state index is 13.7. The third-order valence-corrected chi connectivity index (χ3v) is 4.28. The van der Waals surface area contributed by atoms with Crippen LogP contribution in [0.1, 0.15) is 26.7 Å². The number of hydrogen-bond donors (Lipinski definition) is 2. The van der Waals surface area contributed by atoms with E-state index >= 15 is 0 Å². The largest absolute Gasteiger partial charge is 0.486 e. The average Bonchev–Trinajstić information content (AvgIpc) is 2.68. The van der Waals surface area contributed by atoms with Crippen LogP contribution in [-0.2, 0) is 4.74 Å². The Kier molecular flexibility index (Phi) is 10.9. The van der Waals surface area contributed by atoms with Crippen LogP contribution in [0.3, 0.4) is 0 Å². The highest BCUT2D eigenvalue weighted by atomic mass is 127. The fourth-order valence-electron chi connectivity index (χ4n) is 2.86. The Balaban J connectivity index is 0.00000392. The second kappa shape index (κ2) is 12.6. The number of hydrogen-bond acceptors (Lipinski definition) is 4. The van der Waals surface area contributed by atoms with Crippen LogP contribution in [0.4, 0.5) is 9.18 Å². The van der Waals surface area contributed by atoms with Gasteiger partial charge in [0.05, 0.1) is 13.7 Å². The zero-order valence-electron chi connectivity index (χ0n) is 16.6. The van der Waals surface area contributed by atoms with Gasteiger partial charge in [0.2, 0.25) is 0 Å². The molecule has 1 atom stereocenters. The van der Waals surface area contributed by atoms with E-state index in [2.05, 4.69) is 15.6 Å². The predicted octanol–water partition coefficient (Wildman–Crippen LogP) is 3.00. The first-order valence-electron chi connectivity index (χ1n) is 9.32. The van der Waals surface area contributed by atoms with Crippen LogP contribution in [0, 0.1) is 5.82 Å². The number of nitrogens with zero attached hydrogens (tertiary/aromatic N) is 2. The summed E-state index contributed by atoms with van der Waals surface area (Å²) in [5.74, 6) is 0.544. The van der Waals surface area contributed by atoms with E-state index in [1.807, 2.05) is 13.8 Å². The number of aliphatic imine (C=N–C) groups is 1. The van der Waals surface area contributed by atoms with E-state index in [0.717, 1.165) is 19.4 Å². The van der Waals surface area contributed by atoms with Gasteiger partial charge in [0.25, 0.3) is 0 Å². The summed E-state index contributed by atoms with van der Waals surface area (Å²) in [7, 11) is 1.40. The number of carbonyl (C=O) groups is 1. The smallest absolute Gasteiger partial charge is 0.409 e. The molecule has 0 spiro atoms. The van der Waals surface area contributed by atoms with Gasteiger partial charge in [-0.05, 0) is 38.8 Å². The standard InChI is InChI=1S/C19H29FN4O3.HI/c1-4-21-18(23-15-9-11-24(12-10-15)19(25)26-3)22-13-14(2)27-17-8-6-5-7-16(17)20;/h5-8,14-15H,4,9-13H2,1-3H3,(H2,21,22,23);1H. The Hall–Kier alpha value is -1.78. The zero-order valence-corrected chi connectivity index (χ0v) is 18.9. The molecule has 0 aromatic heterocycles. The SMILES string of the molecule is CCNC(=NCC(C)Oc1ccccc1F)NC1CCN(C(=O)OC)CC1.I. The third-order valence-electron chi connectivity index (χ3n) is 4.28. The van der Waals surface area contributed by atoms with Gasteiger partial charge in [-0.1, -0.05) is 12.1 Å². The molecule has 28 heavy (non-hydrogen) atoms. The number of para-hydroxylation sites is 1. The number of nitrogens with one attached hydrogen (secondary N) is 2. The topological polar surface area (TPSA) is 75.2 Å². The number of amides is 1. The fraction of sp³-hybridized carbons (Fsp3) is 0.579. The molecule has 0 saturated carbocycles. The van der Waals surface area contributed by atoms with E-state index < -0.39 is 0 Å². The molecule has 1 unspecified atom stereocenters. The first-order chi connectivity index (χ1) is 13.0. The number of halogens is 2. The van der Waals surface area contributed by atoms with Gasteiger partial charge in [0, 0.05) is 25.7 Å². The number of rotatable bonds is 6. The van der Waals surface area contributed by atoms with Crippen molar-refractivity contribution in [1.82, 2.24) is 15.5 Å². The van der Waals surface area contributed by atoms with Crippen LogP contribution in [0.25, 0.3) is 0 Å². The van der Waals surface area contributed by atoms with Crippen LogP contribution >= 0.6 is 24.0 Å². The van der Waals surface area contributed by atoms with Crippen molar-refractivity contribution in [2.45, 2.75) is 38.8 Å². The molecule has 1 amide bonds. The number of ether oxygens (including phenoxy) is 2. The van der Waals surface area contributed by atoms with Crippen LogP contribution in [0.15, 0.2) is 29.3 Å². The van der Waals surface area contributed by atoms with E-state index in [1.54, 1.807) is 23.1 Å². The molecule has 1 heterocycles. The van der Waals surface area contributed by atoms with E-state index in [0.29, 0.717) is 25.6 Å². The van der Waals surface area contributed by atoms with Crippen LogP contribution in [0.5, 0.6) is 5.75 Å². The molecule has 0 bridgehead atoms. The summed E-state index contributed by atoms with van der Waals surface area (Å²) in [6, 6.07) is 6.57. The van der Waals surface area contributed by atoms with Crippen molar-refractivity contribution < 1.29 is 18.7 Å². The Morgan fingerprint density at radius 2 is 2.04 bits per heavy atom. The van der Waals surface area contributed by atoms with Gasteiger partial charge in [-0.15, -0.1) is 24.0 Å². The highest BCUT2D eigenvalue weighted by Gasteiger charge is 2.23. The van der Waals surface area contributed by atoms with Crippen LogP contribution in [0.2, 0.25) is 0 Å². The minimum absolute atomic E-state index is 0. The first kappa shape index (κ1) is 24.3. The van der Waals surface area contributed by atoms with Gasteiger partial charge in [-0.2, -0.15) is 0 Å². The van der Waals surface area contributed by atoms with Crippen molar-refractivity contribution in [1.29, 1.82) is 0 Å². The second-order valence-electron chi connectivity index (χ2n) is 6.45. The van der Waals surface area contributed by atoms with Crippen molar-refractivity contribution in [2.75, 3.05) is 33.3 Å². The molecule has 2 N–H and O–H groups in total. The Labute approximate surface area is 183 Å². The van der Waals surface area contributed by atoms with Crippen molar-refractivity contribution in [3.63, 3.8) is 0 Å². The lowest BCUT2D eigenvalue weighted by Crippen LogP contribution is -2.50. The molecule has 0 aliphatic carbocycles. The highest BCUT2D eigenvalue weighted by Crippen LogP contribution is 2.17. The fourth-order valence-corrected chi connectivity index (χ4v) is 2.86. The van der Waals surface area contributed by atoms with E-state index in [4.69, 9.17) is 9.47 Å². The number of benzene rings is 1. The lowest BCUT2D eigenvalue weighted by atomic mass is 10.1. The van der Waals surface area contributed by atoms with Crippen molar-refractivity contribution >= 4 is 36.0 Å². The Morgan fingerprint density at radius 3 is 2.64 bits per heavy atom. The first-order valence-corrected chi connectivity index (χ1v) is 9.32. The second-order valence-corrected chi connectivity index (χ2v) is 6.45. The summed E-state index contributed by atoms with van der Waals surface area (Å²) in [4.78, 5) is 17.8. The van der Waals surface area contributed by atoms with Gasteiger partial charge < -0.3 is 25.0 Å². The normalized spacial score (nSPS) is 16.0. The Morgan fingerprint density at radius 1 is 1.36 bits per heavy atom. The van der Waals surface area contributed by atoms with Gasteiger partial charge in [0.1, 0.15) is 6.10 Å². The summed E-state index contributed by atoms with van der Waals surface area (Å²) in [6.07, 6.45) is 1.09. The third kappa shape index (κ3) is 7.69. The van der Waals surface area contributed by atoms with Gasteiger partial charge in [-0.3, -0.25) is 0 Å². The molecule has 1 fully saturated rings. The molecule has 9 heteroatoms. The number of piperidine rings is 1. The minimum Gasteiger partial charge on any atom is -0.486 e. The van der Waals surface area contributed by atoms with Crippen LogP contribution in [-0.4, -0.2) is 62.4 Å². The summed E-state index contributed by atoms with van der Waals surface area (Å²) in [5, 5.41) is 6.61. The number of guanidine groups is 1. The number of carbonyl (C=O) groups excluding carboxylic acids is 1. The van der Waals surface area contributed by atoms with E-state index in [1.165, 1.54) is 13.2 Å². The maximum Gasteiger partial charge on any atom is 0.409 e. The molecule has 0 radical (unpaired) electrons. The monoisotopic (exact) mass is 508 g/mol. The van der Waals surface area contributed by atoms with E-state index in [9.17, 15) is 9.18 Å². The molecular formula is C19H30FIN4O3. The molecule has 1 aromatic carbocycles. The summed E-state index contributed by atoms with van der Waals surface area (Å²) < 4.78 is 24.0. The van der Waals surface area contributed by atoms with Crippen molar-refractivity contribution in [3.05, 3.63) is 30.1 Å². The molecule has 1 aromatic rings. The molecule has 158 valence electrons. The highest BCUT2D eigenvalue weighted by molar-refractivity contribution is 14.0.